The van der Waals surface area contributed by atoms with E-state index in [2.05, 4.69) is 24.1 Å². The van der Waals surface area contributed by atoms with Crippen molar-refractivity contribution in [2.45, 2.75) is 45.8 Å². The molecule has 0 bridgehead atoms. The molecular weight excluding hydrogens is 267 g/mol. The van der Waals surface area contributed by atoms with Crippen LogP contribution in [0, 0.1) is 5.82 Å². The quantitative estimate of drug-likeness (QED) is 0.899. The largest absolute Gasteiger partial charge is 0.372 e. The van der Waals surface area contributed by atoms with E-state index in [1.807, 2.05) is 26.0 Å². The second-order valence-electron chi connectivity index (χ2n) is 6.42. The molecule has 0 amide bonds. The SMILES string of the molecule is CCCNC(C)c1ccc(N2CCOC(C)(C)C2)c(F)c1. The lowest BCUT2D eigenvalue weighted by Crippen LogP contribution is -2.48. The van der Waals surface area contributed by atoms with Gasteiger partial charge in [0.25, 0.3) is 0 Å². The highest BCUT2D eigenvalue weighted by molar-refractivity contribution is 5.50. The van der Waals surface area contributed by atoms with E-state index in [0.29, 0.717) is 18.8 Å². The number of nitrogens with one attached hydrogen (secondary N) is 1. The van der Waals surface area contributed by atoms with Crippen LogP contribution < -0.4 is 10.2 Å². The van der Waals surface area contributed by atoms with Crippen LogP contribution in [-0.2, 0) is 4.74 Å². The lowest BCUT2D eigenvalue weighted by molar-refractivity contribution is -0.0278. The van der Waals surface area contributed by atoms with Gasteiger partial charge in [-0.05, 0) is 51.4 Å². The van der Waals surface area contributed by atoms with Crippen LogP contribution in [0.3, 0.4) is 0 Å². The van der Waals surface area contributed by atoms with E-state index < -0.39 is 0 Å². The van der Waals surface area contributed by atoms with Gasteiger partial charge in [-0.2, -0.15) is 0 Å². The average molecular weight is 294 g/mol. The second kappa shape index (κ2) is 6.75. The van der Waals surface area contributed by atoms with E-state index in [0.717, 1.165) is 25.1 Å². The first-order valence-corrected chi connectivity index (χ1v) is 7.84. The summed E-state index contributed by atoms with van der Waals surface area (Å²) >= 11 is 0. The van der Waals surface area contributed by atoms with Gasteiger partial charge in [0.15, 0.2) is 0 Å². The maximum Gasteiger partial charge on any atom is 0.146 e. The summed E-state index contributed by atoms with van der Waals surface area (Å²) in [6.45, 7) is 11.3. The molecule has 1 fully saturated rings. The van der Waals surface area contributed by atoms with Crippen molar-refractivity contribution in [2.24, 2.45) is 0 Å². The van der Waals surface area contributed by atoms with Gasteiger partial charge in [0.05, 0.1) is 17.9 Å². The van der Waals surface area contributed by atoms with Crippen LogP contribution in [0.15, 0.2) is 18.2 Å². The van der Waals surface area contributed by atoms with E-state index in [1.165, 1.54) is 0 Å². The Morgan fingerprint density at radius 2 is 2.19 bits per heavy atom. The van der Waals surface area contributed by atoms with Gasteiger partial charge in [-0.3, -0.25) is 0 Å². The molecule has 1 atom stereocenters. The summed E-state index contributed by atoms with van der Waals surface area (Å²) in [5.74, 6) is -0.143. The van der Waals surface area contributed by atoms with E-state index in [1.54, 1.807) is 6.07 Å². The van der Waals surface area contributed by atoms with Crippen molar-refractivity contribution in [2.75, 3.05) is 31.1 Å². The average Bonchev–Trinajstić information content (AvgIpc) is 2.43. The summed E-state index contributed by atoms with van der Waals surface area (Å²) in [5, 5.41) is 3.39. The molecule has 1 aromatic rings. The zero-order valence-corrected chi connectivity index (χ0v) is 13.6. The van der Waals surface area contributed by atoms with Gasteiger partial charge in [-0.15, -0.1) is 0 Å². The highest BCUT2D eigenvalue weighted by atomic mass is 19.1. The van der Waals surface area contributed by atoms with Gasteiger partial charge in [0.1, 0.15) is 5.82 Å². The molecule has 1 aliphatic heterocycles. The van der Waals surface area contributed by atoms with Crippen molar-refractivity contribution >= 4 is 5.69 Å². The summed E-state index contributed by atoms with van der Waals surface area (Å²) in [5.41, 5.74) is 1.45. The molecule has 1 heterocycles. The molecule has 4 heteroatoms. The maximum atomic E-state index is 14.5. The molecule has 21 heavy (non-hydrogen) atoms. The van der Waals surface area contributed by atoms with Gasteiger partial charge in [-0.25, -0.2) is 4.39 Å². The Hall–Kier alpha value is -1.13. The Labute approximate surface area is 127 Å². The van der Waals surface area contributed by atoms with Crippen LogP contribution in [0.2, 0.25) is 0 Å². The number of nitrogens with zero attached hydrogens (tertiary/aromatic N) is 1. The number of rotatable bonds is 5. The zero-order valence-electron chi connectivity index (χ0n) is 13.6. The van der Waals surface area contributed by atoms with Crippen LogP contribution in [0.1, 0.15) is 45.7 Å². The minimum atomic E-state index is -0.223. The number of hydrogen-bond acceptors (Lipinski definition) is 3. The minimum Gasteiger partial charge on any atom is -0.372 e. The molecule has 1 N–H and O–H groups in total. The molecule has 1 unspecified atom stereocenters. The van der Waals surface area contributed by atoms with Crippen molar-refractivity contribution < 1.29 is 9.13 Å². The predicted octanol–water partition coefficient (Wildman–Crippen LogP) is 3.50. The predicted molar refractivity (Wildman–Crippen MR) is 85.4 cm³/mol. The first kappa shape index (κ1) is 16.2. The summed E-state index contributed by atoms with van der Waals surface area (Å²) in [6.07, 6.45) is 1.08. The Bertz CT molecular complexity index is 476. The highest BCUT2D eigenvalue weighted by Crippen LogP contribution is 2.27. The summed E-state index contributed by atoms with van der Waals surface area (Å²) in [4.78, 5) is 2.08. The van der Waals surface area contributed by atoms with Gasteiger partial charge in [-0.1, -0.05) is 13.0 Å². The fourth-order valence-corrected chi connectivity index (χ4v) is 2.75. The number of anilines is 1. The smallest absolute Gasteiger partial charge is 0.146 e. The fraction of sp³-hybridized carbons (Fsp3) is 0.647. The van der Waals surface area contributed by atoms with Crippen LogP contribution in [0.5, 0.6) is 0 Å². The van der Waals surface area contributed by atoms with E-state index in [9.17, 15) is 4.39 Å². The van der Waals surface area contributed by atoms with Crippen LogP contribution in [0.25, 0.3) is 0 Å². The van der Waals surface area contributed by atoms with Gasteiger partial charge < -0.3 is 15.0 Å². The van der Waals surface area contributed by atoms with Gasteiger partial charge in [0, 0.05) is 19.1 Å². The molecule has 0 saturated carbocycles. The van der Waals surface area contributed by atoms with Crippen molar-refractivity contribution in [3.8, 4) is 0 Å². The van der Waals surface area contributed by atoms with Gasteiger partial charge in [0.2, 0.25) is 0 Å². The van der Waals surface area contributed by atoms with Crippen molar-refractivity contribution in [3.05, 3.63) is 29.6 Å². The normalized spacial score (nSPS) is 19.6. The number of benzene rings is 1. The maximum absolute atomic E-state index is 14.5. The second-order valence-corrected chi connectivity index (χ2v) is 6.42. The molecule has 0 aliphatic carbocycles. The first-order chi connectivity index (χ1) is 9.93. The van der Waals surface area contributed by atoms with E-state index in [-0.39, 0.29) is 17.5 Å². The van der Waals surface area contributed by atoms with Crippen LogP contribution >= 0.6 is 0 Å². The first-order valence-electron chi connectivity index (χ1n) is 7.84. The molecule has 2 rings (SSSR count). The number of ether oxygens (including phenoxy) is 1. The highest BCUT2D eigenvalue weighted by Gasteiger charge is 2.28. The molecule has 118 valence electrons. The fourth-order valence-electron chi connectivity index (χ4n) is 2.75. The molecule has 1 aliphatic rings. The Morgan fingerprint density at radius 1 is 1.43 bits per heavy atom. The Kier molecular flexibility index (Phi) is 5.22. The van der Waals surface area contributed by atoms with Crippen molar-refractivity contribution in [1.82, 2.24) is 5.32 Å². The number of morpholine rings is 1. The zero-order chi connectivity index (χ0) is 15.5. The lowest BCUT2D eigenvalue weighted by atomic mass is 10.0. The monoisotopic (exact) mass is 294 g/mol. The van der Waals surface area contributed by atoms with E-state index in [4.69, 9.17) is 4.74 Å². The lowest BCUT2D eigenvalue weighted by Gasteiger charge is -2.39. The van der Waals surface area contributed by atoms with Crippen molar-refractivity contribution in [3.63, 3.8) is 0 Å². The number of halogens is 1. The summed E-state index contributed by atoms with van der Waals surface area (Å²) < 4.78 is 20.1. The topological polar surface area (TPSA) is 24.5 Å². The minimum absolute atomic E-state index is 0.143. The van der Waals surface area contributed by atoms with Crippen molar-refractivity contribution in [1.29, 1.82) is 0 Å². The molecule has 0 aromatic heterocycles. The molecule has 0 spiro atoms. The third-order valence-corrected chi connectivity index (χ3v) is 3.94. The molecule has 1 saturated heterocycles. The van der Waals surface area contributed by atoms with Crippen LogP contribution in [-0.4, -0.2) is 31.8 Å². The Morgan fingerprint density at radius 3 is 2.81 bits per heavy atom. The standard InChI is InChI=1S/C17H27FN2O/c1-5-8-19-13(2)14-6-7-16(15(18)11-14)20-9-10-21-17(3,4)12-20/h6-7,11,13,19H,5,8-10,12H2,1-4H3. The number of hydrogen-bond donors (Lipinski definition) is 1. The molecule has 3 nitrogen and oxygen atoms in total. The summed E-state index contributed by atoms with van der Waals surface area (Å²) in [7, 11) is 0. The molecule has 1 aromatic carbocycles. The van der Waals surface area contributed by atoms with E-state index >= 15 is 0 Å². The Balaban J connectivity index is 2.12. The van der Waals surface area contributed by atoms with Gasteiger partial charge >= 0.3 is 0 Å². The van der Waals surface area contributed by atoms with Crippen LogP contribution in [0.4, 0.5) is 10.1 Å². The molecule has 0 radical (unpaired) electrons. The third kappa shape index (κ3) is 4.17. The summed E-state index contributed by atoms with van der Waals surface area (Å²) in [6, 6.07) is 5.75. The third-order valence-electron chi connectivity index (χ3n) is 3.94. The molecular formula is C17H27FN2O.